The molecule has 0 spiro atoms. The Hall–Kier alpha value is -2.38. The van der Waals surface area contributed by atoms with Crippen molar-refractivity contribution in [3.8, 4) is 5.75 Å². The van der Waals surface area contributed by atoms with Crippen molar-refractivity contribution >= 4 is 15.9 Å². The lowest BCUT2D eigenvalue weighted by Gasteiger charge is -2.20. The molecule has 1 N–H and O–H groups in total. The highest BCUT2D eigenvalue weighted by Crippen LogP contribution is 2.25. The lowest BCUT2D eigenvalue weighted by molar-refractivity contribution is 0.0936. The van der Waals surface area contributed by atoms with Crippen LogP contribution in [0.1, 0.15) is 42.7 Å². The summed E-state index contributed by atoms with van der Waals surface area (Å²) in [5.74, 6) is -0.0638. The van der Waals surface area contributed by atoms with Crippen LogP contribution in [0.15, 0.2) is 53.4 Å². The van der Waals surface area contributed by atoms with Gasteiger partial charge in [0.1, 0.15) is 5.75 Å². The van der Waals surface area contributed by atoms with E-state index in [0.29, 0.717) is 18.8 Å². The van der Waals surface area contributed by atoms with Crippen LogP contribution in [0, 0.1) is 0 Å². The molecule has 0 aliphatic heterocycles. The number of carbonyl (C=O) groups is 1. The summed E-state index contributed by atoms with van der Waals surface area (Å²) in [6, 6.07) is 13.7. The maximum absolute atomic E-state index is 12.8. The molecule has 2 aromatic carbocycles. The summed E-state index contributed by atoms with van der Waals surface area (Å²) in [6.07, 6.45) is 0. The Morgan fingerprint density at radius 1 is 1.11 bits per heavy atom. The number of methoxy groups -OCH3 is 1. The Morgan fingerprint density at radius 3 is 2.30 bits per heavy atom. The van der Waals surface area contributed by atoms with Gasteiger partial charge in [-0.2, -0.15) is 4.31 Å². The van der Waals surface area contributed by atoms with E-state index in [2.05, 4.69) is 5.32 Å². The monoisotopic (exact) mass is 390 g/mol. The molecule has 1 atom stereocenters. The zero-order chi connectivity index (χ0) is 20.0. The van der Waals surface area contributed by atoms with Crippen molar-refractivity contribution in [3.63, 3.8) is 0 Å². The predicted octanol–water partition coefficient (Wildman–Crippen LogP) is 3.22. The highest BCUT2D eigenvalue weighted by molar-refractivity contribution is 7.89. The molecule has 0 radical (unpaired) electrons. The van der Waals surface area contributed by atoms with Crippen molar-refractivity contribution in [3.05, 3.63) is 59.7 Å². The number of amides is 1. The van der Waals surface area contributed by atoms with Gasteiger partial charge in [-0.25, -0.2) is 8.42 Å². The molecule has 7 heteroatoms. The SMILES string of the molecule is CCN(CC)S(=O)(=O)c1ccc(OC)c(C(=O)NC(C)c2ccccc2)c1. The van der Waals surface area contributed by atoms with Gasteiger partial charge in [-0.1, -0.05) is 44.2 Å². The Bertz CT molecular complexity index is 878. The fraction of sp³-hybridized carbons (Fsp3) is 0.350. The first-order valence-electron chi connectivity index (χ1n) is 8.89. The number of rotatable bonds is 8. The Balaban J connectivity index is 2.36. The highest BCUT2D eigenvalue weighted by atomic mass is 32.2. The van der Waals surface area contributed by atoms with Gasteiger partial charge >= 0.3 is 0 Å². The molecule has 1 unspecified atom stereocenters. The second-order valence-electron chi connectivity index (χ2n) is 6.06. The third-order valence-electron chi connectivity index (χ3n) is 4.41. The van der Waals surface area contributed by atoms with Gasteiger partial charge in [-0.05, 0) is 30.7 Å². The number of nitrogens with one attached hydrogen (secondary N) is 1. The van der Waals surface area contributed by atoms with Gasteiger partial charge in [0.25, 0.3) is 5.91 Å². The Labute approximate surface area is 161 Å². The fourth-order valence-corrected chi connectivity index (χ4v) is 4.32. The van der Waals surface area contributed by atoms with E-state index in [-0.39, 0.29) is 22.4 Å². The molecular weight excluding hydrogens is 364 g/mol. The first-order valence-corrected chi connectivity index (χ1v) is 10.3. The largest absolute Gasteiger partial charge is 0.496 e. The summed E-state index contributed by atoms with van der Waals surface area (Å²) >= 11 is 0. The average molecular weight is 391 g/mol. The van der Waals surface area contributed by atoms with Crippen LogP contribution in [0.3, 0.4) is 0 Å². The number of sulfonamides is 1. The van der Waals surface area contributed by atoms with E-state index in [9.17, 15) is 13.2 Å². The number of ether oxygens (including phenoxy) is 1. The van der Waals surface area contributed by atoms with Crippen molar-refractivity contribution in [2.24, 2.45) is 0 Å². The van der Waals surface area contributed by atoms with E-state index >= 15 is 0 Å². The second-order valence-corrected chi connectivity index (χ2v) is 8.00. The van der Waals surface area contributed by atoms with Gasteiger partial charge in [0.05, 0.1) is 23.6 Å². The summed E-state index contributed by atoms with van der Waals surface area (Å²) in [5.41, 5.74) is 1.14. The normalized spacial score (nSPS) is 12.6. The molecule has 0 heterocycles. The van der Waals surface area contributed by atoms with Crippen molar-refractivity contribution in [1.82, 2.24) is 9.62 Å². The van der Waals surface area contributed by atoms with Crippen molar-refractivity contribution in [2.75, 3.05) is 20.2 Å². The number of nitrogens with zero attached hydrogens (tertiary/aromatic N) is 1. The van der Waals surface area contributed by atoms with Gasteiger partial charge in [0, 0.05) is 13.1 Å². The van der Waals surface area contributed by atoms with E-state index in [1.54, 1.807) is 13.8 Å². The lowest BCUT2D eigenvalue weighted by atomic mass is 10.1. The maximum atomic E-state index is 12.8. The van der Waals surface area contributed by atoms with Gasteiger partial charge in [-0.3, -0.25) is 4.79 Å². The summed E-state index contributed by atoms with van der Waals surface area (Å²) in [4.78, 5) is 12.9. The maximum Gasteiger partial charge on any atom is 0.255 e. The average Bonchev–Trinajstić information content (AvgIpc) is 2.68. The molecule has 6 nitrogen and oxygen atoms in total. The minimum Gasteiger partial charge on any atom is -0.496 e. The summed E-state index contributed by atoms with van der Waals surface area (Å²) < 4.78 is 32.1. The van der Waals surface area contributed by atoms with E-state index in [0.717, 1.165) is 5.56 Å². The molecule has 0 bridgehead atoms. The summed E-state index contributed by atoms with van der Waals surface area (Å²) in [7, 11) is -2.22. The molecule has 2 rings (SSSR count). The number of carbonyl (C=O) groups excluding carboxylic acids is 1. The van der Waals surface area contributed by atoms with E-state index in [4.69, 9.17) is 4.74 Å². The standard InChI is InChI=1S/C20H26N2O4S/c1-5-22(6-2)27(24,25)17-12-13-19(26-4)18(14-17)20(23)21-15(3)16-10-8-7-9-11-16/h7-15H,5-6H2,1-4H3,(H,21,23). The zero-order valence-electron chi connectivity index (χ0n) is 16.1. The molecule has 146 valence electrons. The molecule has 0 aromatic heterocycles. The summed E-state index contributed by atoms with van der Waals surface area (Å²) in [5, 5.41) is 2.90. The van der Waals surface area contributed by atoms with Crippen molar-refractivity contribution < 1.29 is 17.9 Å². The first kappa shape index (κ1) is 20.9. The van der Waals surface area contributed by atoms with E-state index in [1.165, 1.54) is 29.6 Å². The minimum absolute atomic E-state index is 0.0736. The van der Waals surface area contributed by atoms with Crippen LogP contribution < -0.4 is 10.1 Å². The number of hydrogen-bond donors (Lipinski definition) is 1. The van der Waals surface area contributed by atoms with Crippen LogP contribution >= 0.6 is 0 Å². The van der Waals surface area contributed by atoms with Crippen molar-refractivity contribution in [1.29, 1.82) is 0 Å². The van der Waals surface area contributed by atoms with Crippen LogP contribution in [0.25, 0.3) is 0 Å². The van der Waals surface area contributed by atoms with Crippen molar-refractivity contribution in [2.45, 2.75) is 31.7 Å². The molecule has 27 heavy (non-hydrogen) atoms. The molecule has 2 aromatic rings. The molecule has 1 amide bonds. The smallest absolute Gasteiger partial charge is 0.255 e. The number of benzene rings is 2. The highest BCUT2D eigenvalue weighted by Gasteiger charge is 2.25. The van der Waals surface area contributed by atoms with Gasteiger partial charge in [0.15, 0.2) is 0 Å². The third kappa shape index (κ3) is 4.67. The fourth-order valence-electron chi connectivity index (χ4n) is 2.84. The van der Waals surface area contributed by atoms with Gasteiger partial charge in [-0.15, -0.1) is 0 Å². The van der Waals surface area contributed by atoms with Crippen LogP contribution in [0.5, 0.6) is 5.75 Å². The number of hydrogen-bond acceptors (Lipinski definition) is 4. The molecule has 0 aliphatic rings. The predicted molar refractivity (Wildman–Crippen MR) is 105 cm³/mol. The quantitative estimate of drug-likeness (QED) is 0.751. The topological polar surface area (TPSA) is 75.7 Å². The van der Waals surface area contributed by atoms with Gasteiger partial charge in [0.2, 0.25) is 10.0 Å². The molecule has 0 fully saturated rings. The Kier molecular flexibility index (Phi) is 6.98. The first-order chi connectivity index (χ1) is 12.8. The molecule has 0 saturated heterocycles. The molecule has 0 saturated carbocycles. The zero-order valence-corrected chi connectivity index (χ0v) is 16.9. The Morgan fingerprint density at radius 2 is 1.74 bits per heavy atom. The van der Waals surface area contributed by atoms with Gasteiger partial charge < -0.3 is 10.1 Å². The minimum atomic E-state index is -3.67. The summed E-state index contributed by atoms with van der Waals surface area (Å²) in [6.45, 7) is 6.14. The van der Waals surface area contributed by atoms with E-state index in [1.807, 2.05) is 37.3 Å². The molecule has 0 aliphatic carbocycles. The van der Waals surface area contributed by atoms with Crippen LogP contribution in [0.4, 0.5) is 0 Å². The van der Waals surface area contributed by atoms with Crippen LogP contribution in [-0.2, 0) is 10.0 Å². The second kappa shape index (κ2) is 9.01. The van der Waals surface area contributed by atoms with E-state index < -0.39 is 10.0 Å². The van der Waals surface area contributed by atoms with Crippen LogP contribution in [-0.4, -0.2) is 38.8 Å². The molecular formula is C20H26N2O4S. The van der Waals surface area contributed by atoms with Crippen LogP contribution in [0.2, 0.25) is 0 Å². The lowest BCUT2D eigenvalue weighted by Crippen LogP contribution is -2.31. The third-order valence-corrected chi connectivity index (χ3v) is 6.45.